The summed E-state index contributed by atoms with van der Waals surface area (Å²) >= 11 is 0. The molecule has 0 saturated carbocycles. The predicted octanol–water partition coefficient (Wildman–Crippen LogP) is 1.78. The summed E-state index contributed by atoms with van der Waals surface area (Å²) in [6.07, 6.45) is 0. The second-order valence-corrected chi connectivity index (χ2v) is 6.10. The SMILES string of the molecule is O=P(O)(O)Oc1ccc(OP(=O)(O)O)c2ccccc12. The van der Waals surface area contributed by atoms with Crippen molar-refractivity contribution in [2.75, 3.05) is 0 Å². The zero-order valence-corrected chi connectivity index (χ0v) is 11.6. The Labute approximate surface area is 113 Å². The van der Waals surface area contributed by atoms with Gasteiger partial charge in [0, 0.05) is 10.8 Å². The van der Waals surface area contributed by atoms with Gasteiger partial charge in [-0.25, -0.2) is 9.13 Å². The summed E-state index contributed by atoms with van der Waals surface area (Å²) < 4.78 is 30.8. The van der Waals surface area contributed by atoms with Crippen molar-refractivity contribution in [2.45, 2.75) is 0 Å². The molecule has 8 nitrogen and oxygen atoms in total. The fourth-order valence-electron chi connectivity index (χ4n) is 1.66. The van der Waals surface area contributed by atoms with Crippen LogP contribution in [0.1, 0.15) is 0 Å². The van der Waals surface area contributed by atoms with E-state index < -0.39 is 15.6 Å². The molecule has 0 unspecified atom stereocenters. The van der Waals surface area contributed by atoms with Gasteiger partial charge < -0.3 is 9.05 Å². The number of benzene rings is 2. The quantitative estimate of drug-likeness (QED) is 0.626. The molecule has 0 aliphatic carbocycles. The fourth-order valence-corrected chi connectivity index (χ4v) is 2.49. The lowest BCUT2D eigenvalue weighted by Crippen LogP contribution is -1.94. The Morgan fingerprint density at radius 2 is 1.05 bits per heavy atom. The van der Waals surface area contributed by atoms with E-state index in [1.165, 1.54) is 12.1 Å². The van der Waals surface area contributed by atoms with Crippen LogP contribution < -0.4 is 9.05 Å². The molecule has 0 radical (unpaired) electrons. The molecular weight excluding hydrogens is 310 g/mol. The first-order valence-corrected chi connectivity index (χ1v) is 8.24. The third-order valence-corrected chi connectivity index (χ3v) is 3.15. The van der Waals surface area contributed by atoms with Crippen molar-refractivity contribution in [3.8, 4) is 11.5 Å². The molecule has 0 fully saturated rings. The minimum atomic E-state index is -4.74. The molecule has 0 aliphatic rings. The maximum absolute atomic E-state index is 10.9. The summed E-state index contributed by atoms with van der Waals surface area (Å²) in [7, 11) is -9.48. The molecule has 2 aromatic rings. The van der Waals surface area contributed by atoms with Crippen LogP contribution >= 0.6 is 15.6 Å². The van der Waals surface area contributed by atoms with Crippen LogP contribution in [0, 0.1) is 0 Å². The summed E-state index contributed by atoms with van der Waals surface area (Å²) in [6.45, 7) is 0. The van der Waals surface area contributed by atoms with Gasteiger partial charge in [-0.2, -0.15) is 0 Å². The Hall–Kier alpha value is -1.40. The number of rotatable bonds is 4. The minimum Gasteiger partial charge on any atom is -0.404 e. The van der Waals surface area contributed by atoms with Crippen LogP contribution in [-0.2, 0) is 9.13 Å². The molecule has 0 heterocycles. The highest BCUT2D eigenvalue weighted by molar-refractivity contribution is 7.47. The van der Waals surface area contributed by atoms with Gasteiger partial charge in [-0.15, -0.1) is 0 Å². The van der Waals surface area contributed by atoms with Crippen molar-refractivity contribution >= 4 is 26.4 Å². The van der Waals surface area contributed by atoms with Crippen LogP contribution in [0.2, 0.25) is 0 Å². The number of hydrogen-bond acceptors (Lipinski definition) is 4. The molecule has 20 heavy (non-hydrogen) atoms. The van der Waals surface area contributed by atoms with Crippen molar-refractivity contribution in [3.63, 3.8) is 0 Å². The van der Waals surface area contributed by atoms with Crippen molar-refractivity contribution in [1.82, 2.24) is 0 Å². The molecule has 0 bridgehead atoms. The number of phosphoric ester groups is 2. The highest BCUT2D eigenvalue weighted by Gasteiger charge is 2.21. The molecule has 10 heteroatoms. The Bertz CT molecular complexity index is 669. The van der Waals surface area contributed by atoms with Gasteiger partial charge in [0.05, 0.1) is 0 Å². The average Bonchev–Trinajstić information content (AvgIpc) is 2.29. The highest BCUT2D eigenvalue weighted by atomic mass is 31.2. The minimum absolute atomic E-state index is 0.119. The van der Waals surface area contributed by atoms with Gasteiger partial charge in [0.1, 0.15) is 11.5 Å². The number of phosphoric acid groups is 2. The van der Waals surface area contributed by atoms with Crippen molar-refractivity contribution < 1.29 is 37.8 Å². The maximum Gasteiger partial charge on any atom is 0.524 e. The molecular formula is C10H10O8P2. The second kappa shape index (κ2) is 5.18. The van der Waals surface area contributed by atoms with Crippen LogP contribution in [-0.4, -0.2) is 19.6 Å². The Kier molecular flexibility index (Phi) is 3.88. The van der Waals surface area contributed by atoms with E-state index in [1.807, 2.05) is 0 Å². The standard InChI is InChI=1S/C10H10O8P2/c11-19(12,13)17-9-5-6-10(18-20(14,15)16)8-4-2-1-3-7(8)9/h1-6H,(H2,11,12,13)(H2,14,15,16). The highest BCUT2D eigenvalue weighted by Crippen LogP contribution is 2.45. The first-order valence-electron chi connectivity index (χ1n) is 5.18. The molecule has 108 valence electrons. The number of fused-ring (bicyclic) bond motifs is 1. The van der Waals surface area contributed by atoms with Gasteiger partial charge in [0.2, 0.25) is 0 Å². The van der Waals surface area contributed by atoms with E-state index in [4.69, 9.17) is 19.6 Å². The van der Waals surface area contributed by atoms with Crippen LogP contribution in [0.5, 0.6) is 11.5 Å². The lowest BCUT2D eigenvalue weighted by atomic mass is 10.1. The molecule has 0 saturated heterocycles. The maximum atomic E-state index is 10.9. The third-order valence-electron chi connectivity index (χ3n) is 2.28. The Morgan fingerprint density at radius 1 is 0.700 bits per heavy atom. The normalized spacial score (nSPS) is 12.4. The molecule has 0 atom stereocenters. The van der Waals surface area contributed by atoms with Crippen LogP contribution in [0.15, 0.2) is 36.4 Å². The van der Waals surface area contributed by atoms with Gasteiger partial charge >= 0.3 is 15.6 Å². The van der Waals surface area contributed by atoms with E-state index in [2.05, 4.69) is 9.05 Å². The fraction of sp³-hybridized carbons (Fsp3) is 0. The molecule has 0 aliphatic heterocycles. The van der Waals surface area contributed by atoms with E-state index >= 15 is 0 Å². The van der Waals surface area contributed by atoms with E-state index in [-0.39, 0.29) is 22.3 Å². The molecule has 0 aromatic heterocycles. The summed E-state index contributed by atoms with van der Waals surface area (Å²) in [4.78, 5) is 35.3. The van der Waals surface area contributed by atoms with E-state index in [9.17, 15) is 9.13 Å². The zero-order valence-electron chi connectivity index (χ0n) is 9.78. The van der Waals surface area contributed by atoms with Gasteiger partial charge in [-0.05, 0) is 12.1 Å². The van der Waals surface area contributed by atoms with Crippen LogP contribution in [0.4, 0.5) is 0 Å². The van der Waals surface area contributed by atoms with E-state index in [0.717, 1.165) is 12.1 Å². The Balaban J connectivity index is 2.58. The van der Waals surface area contributed by atoms with E-state index in [1.54, 1.807) is 12.1 Å². The van der Waals surface area contributed by atoms with Gasteiger partial charge in [-0.3, -0.25) is 19.6 Å². The zero-order chi connectivity index (χ0) is 15.0. The van der Waals surface area contributed by atoms with Gasteiger partial charge in [-0.1, -0.05) is 24.3 Å². The molecule has 4 N–H and O–H groups in total. The largest absolute Gasteiger partial charge is 0.524 e. The summed E-state index contributed by atoms with van der Waals surface area (Å²) in [5, 5.41) is 0.503. The predicted molar refractivity (Wildman–Crippen MR) is 69.3 cm³/mol. The number of hydrogen-bond donors (Lipinski definition) is 4. The lowest BCUT2D eigenvalue weighted by Gasteiger charge is -2.13. The first-order chi connectivity index (χ1) is 9.16. The van der Waals surface area contributed by atoms with E-state index in [0.29, 0.717) is 0 Å². The van der Waals surface area contributed by atoms with Crippen molar-refractivity contribution in [3.05, 3.63) is 36.4 Å². The van der Waals surface area contributed by atoms with Gasteiger partial charge in [0.25, 0.3) is 0 Å². The Morgan fingerprint density at radius 3 is 1.35 bits per heavy atom. The molecule has 2 aromatic carbocycles. The van der Waals surface area contributed by atoms with Crippen LogP contribution in [0.25, 0.3) is 10.8 Å². The average molecular weight is 320 g/mol. The van der Waals surface area contributed by atoms with Gasteiger partial charge in [0.15, 0.2) is 0 Å². The summed E-state index contributed by atoms with van der Waals surface area (Å²) in [5.74, 6) is -0.237. The smallest absolute Gasteiger partial charge is 0.404 e. The third kappa shape index (κ3) is 3.80. The molecule has 0 spiro atoms. The monoisotopic (exact) mass is 320 g/mol. The molecule has 0 amide bonds. The lowest BCUT2D eigenvalue weighted by molar-refractivity contribution is 0.280. The molecule has 2 rings (SSSR count). The summed E-state index contributed by atoms with van der Waals surface area (Å²) in [6, 6.07) is 8.44. The van der Waals surface area contributed by atoms with Crippen molar-refractivity contribution in [1.29, 1.82) is 0 Å². The van der Waals surface area contributed by atoms with Crippen molar-refractivity contribution in [2.24, 2.45) is 0 Å². The topological polar surface area (TPSA) is 134 Å². The first kappa shape index (κ1) is 15.0. The second-order valence-electron chi connectivity index (χ2n) is 3.77. The van der Waals surface area contributed by atoms with Crippen LogP contribution in [0.3, 0.4) is 0 Å². The summed E-state index contributed by atoms with van der Waals surface area (Å²) in [5.41, 5.74) is 0.